The van der Waals surface area contributed by atoms with Crippen molar-refractivity contribution >= 4 is 17.5 Å². The lowest BCUT2D eigenvalue weighted by Crippen LogP contribution is -2.47. The lowest BCUT2D eigenvalue weighted by atomic mass is 10.1. The first kappa shape index (κ1) is 18.7. The molecular weight excluding hydrogens is 368 g/mol. The minimum atomic E-state index is -0.240. The second-order valence-electron chi connectivity index (χ2n) is 6.90. The second-order valence-corrected chi connectivity index (χ2v) is 6.90. The zero-order chi connectivity index (χ0) is 20.1. The van der Waals surface area contributed by atoms with Crippen molar-refractivity contribution in [2.45, 2.75) is 13.1 Å². The van der Waals surface area contributed by atoms with Crippen LogP contribution in [0.25, 0.3) is 0 Å². The number of amides is 2. The Hall–Kier alpha value is -3.68. The monoisotopic (exact) mass is 390 g/mol. The fraction of sp³-hybridized carbons (Fsp3) is 0.238. The number of nitrogens with one attached hydrogen (secondary N) is 2. The van der Waals surface area contributed by atoms with Crippen molar-refractivity contribution in [3.05, 3.63) is 78.1 Å². The van der Waals surface area contributed by atoms with Gasteiger partial charge in [-0.05, 0) is 23.3 Å². The van der Waals surface area contributed by atoms with Gasteiger partial charge in [-0.2, -0.15) is 0 Å². The molecule has 1 aliphatic heterocycles. The lowest BCUT2D eigenvalue weighted by Gasteiger charge is -2.28. The van der Waals surface area contributed by atoms with Crippen LogP contribution in [0, 0.1) is 0 Å². The summed E-state index contributed by atoms with van der Waals surface area (Å²) in [4.78, 5) is 34.3. The first-order valence-corrected chi connectivity index (χ1v) is 9.47. The molecule has 1 fully saturated rings. The highest BCUT2D eigenvalue weighted by Crippen LogP contribution is 2.15. The van der Waals surface area contributed by atoms with E-state index in [1.165, 1.54) is 0 Å². The number of carbonyl (C=O) groups is 2. The summed E-state index contributed by atoms with van der Waals surface area (Å²) in [5.41, 5.74) is 3.34. The van der Waals surface area contributed by atoms with E-state index < -0.39 is 0 Å². The molecule has 1 aliphatic rings. The summed E-state index contributed by atoms with van der Waals surface area (Å²) in [6.45, 7) is 2.78. The Kier molecular flexibility index (Phi) is 5.51. The molecule has 0 spiro atoms. The van der Waals surface area contributed by atoms with Crippen LogP contribution in [0.1, 0.15) is 21.6 Å². The van der Waals surface area contributed by atoms with Gasteiger partial charge in [-0.1, -0.05) is 24.3 Å². The highest BCUT2D eigenvalue weighted by Gasteiger charge is 2.18. The number of rotatable bonds is 6. The van der Waals surface area contributed by atoms with Crippen LogP contribution in [0.15, 0.2) is 61.3 Å². The average Bonchev–Trinajstić information content (AvgIpc) is 3.26. The predicted octanol–water partition coefficient (Wildman–Crippen LogP) is 1.19. The molecule has 8 nitrogen and oxygen atoms in total. The lowest BCUT2D eigenvalue weighted by molar-refractivity contribution is -0.120. The Balaban J connectivity index is 1.34. The Labute approximate surface area is 168 Å². The van der Waals surface area contributed by atoms with Gasteiger partial charge in [0.1, 0.15) is 5.69 Å². The zero-order valence-electron chi connectivity index (χ0n) is 15.9. The van der Waals surface area contributed by atoms with E-state index in [4.69, 9.17) is 0 Å². The van der Waals surface area contributed by atoms with Crippen LogP contribution in [-0.2, 0) is 17.9 Å². The average molecular weight is 390 g/mol. The molecule has 2 N–H and O–H groups in total. The molecule has 3 heterocycles. The smallest absolute Gasteiger partial charge is 0.270 e. The van der Waals surface area contributed by atoms with E-state index in [-0.39, 0.29) is 18.4 Å². The minimum Gasteiger partial charge on any atom is -0.360 e. The zero-order valence-corrected chi connectivity index (χ0v) is 15.9. The van der Waals surface area contributed by atoms with E-state index in [1.54, 1.807) is 24.8 Å². The third kappa shape index (κ3) is 4.78. The predicted molar refractivity (Wildman–Crippen MR) is 108 cm³/mol. The molecule has 0 unspecified atom stereocenters. The number of aromatic nitrogens is 3. The quantitative estimate of drug-likeness (QED) is 0.660. The van der Waals surface area contributed by atoms with E-state index in [1.807, 2.05) is 46.0 Å². The van der Waals surface area contributed by atoms with Crippen molar-refractivity contribution in [2.24, 2.45) is 0 Å². The molecule has 1 aromatic carbocycles. The second kappa shape index (κ2) is 8.55. The molecule has 0 aliphatic carbocycles. The molecule has 0 saturated carbocycles. The Bertz CT molecular complexity index is 985. The summed E-state index contributed by atoms with van der Waals surface area (Å²) in [6, 6.07) is 11.6. The highest BCUT2D eigenvalue weighted by atomic mass is 16.2. The van der Waals surface area contributed by atoms with Gasteiger partial charge in [0, 0.05) is 50.5 Å². The molecule has 148 valence electrons. The van der Waals surface area contributed by atoms with Gasteiger partial charge in [0.2, 0.25) is 5.91 Å². The summed E-state index contributed by atoms with van der Waals surface area (Å²) < 4.78 is 2.00. The van der Waals surface area contributed by atoms with Crippen molar-refractivity contribution in [1.82, 2.24) is 25.2 Å². The normalized spacial score (nSPS) is 13.8. The molecule has 0 radical (unpaired) electrons. The van der Waals surface area contributed by atoms with Crippen LogP contribution in [0.2, 0.25) is 0 Å². The molecule has 29 heavy (non-hydrogen) atoms. The Morgan fingerprint density at radius 2 is 1.97 bits per heavy atom. The molecule has 2 aromatic heterocycles. The molecule has 2 amide bonds. The highest BCUT2D eigenvalue weighted by molar-refractivity contribution is 5.93. The fourth-order valence-corrected chi connectivity index (χ4v) is 3.23. The van der Waals surface area contributed by atoms with E-state index in [2.05, 4.69) is 20.6 Å². The third-order valence-electron chi connectivity index (χ3n) is 4.78. The van der Waals surface area contributed by atoms with Crippen LogP contribution in [0.5, 0.6) is 0 Å². The van der Waals surface area contributed by atoms with E-state index in [9.17, 15) is 9.59 Å². The van der Waals surface area contributed by atoms with E-state index >= 15 is 0 Å². The molecule has 1 saturated heterocycles. The van der Waals surface area contributed by atoms with Crippen LogP contribution in [0.3, 0.4) is 0 Å². The first-order chi connectivity index (χ1) is 14.2. The van der Waals surface area contributed by atoms with Crippen molar-refractivity contribution in [3.63, 3.8) is 0 Å². The van der Waals surface area contributed by atoms with Gasteiger partial charge in [-0.3, -0.25) is 14.6 Å². The van der Waals surface area contributed by atoms with Crippen molar-refractivity contribution in [2.75, 3.05) is 24.5 Å². The molecule has 8 heteroatoms. The molecule has 4 rings (SSSR count). The van der Waals surface area contributed by atoms with Gasteiger partial charge < -0.3 is 20.1 Å². The number of imidazole rings is 1. The summed E-state index contributed by atoms with van der Waals surface area (Å²) >= 11 is 0. The summed E-state index contributed by atoms with van der Waals surface area (Å²) in [5.74, 6) is -0.258. The Morgan fingerprint density at radius 3 is 2.72 bits per heavy atom. The summed E-state index contributed by atoms with van der Waals surface area (Å²) in [7, 11) is 0. The molecule has 0 bridgehead atoms. The third-order valence-corrected chi connectivity index (χ3v) is 4.78. The number of pyridine rings is 1. The number of nitrogens with zero attached hydrogens (tertiary/aromatic N) is 4. The summed E-state index contributed by atoms with van der Waals surface area (Å²) in [6.07, 6.45) is 7.06. The van der Waals surface area contributed by atoms with E-state index in [0.29, 0.717) is 25.3 Å². The van der Waals surface area contributed by atoms with Crippen molar-refractivity contribution < 1.29 is 9.59 Å². The number of hydrogen-bond acceptors (Lipinski definition) is 5. The maximum absolute atomic E-state index is 12.5. The van der Waals surface area contributed by atoms with Crippen LogP contribution >= 0.6 is 0 Å². The number of anilines is 1. The van der Waals surface area contributed by atoms with Gasteiger partial charge in [-0.15, -0.1) is 0 Å². The molecule has 3 aromatic rings. The maximum Gasteiger partial charge on any atom is 0.270 e. The molecule has 0 atom stereocenters. The SMILES string of the molecule is O=C1CN(c2ccnc(C(=O)NCc3ccc(Cn4ccnc4)cc3)c2)CCN1. The van der Waals surface area contributed by atoms with Gasteiger partial charge in [0.25, 0.3) is 5.91 Å². The largest absolute Gasteiger partial charge is 0.360 e. The van der Waals surface area contributed by atoms with Gasteiger partial charge in [0.05, 0.1) is 12.9 Å². The summed E-state index contributed by atoms with van der Waals surface area (Å²) in [5, 5.41) is 5.70. The first-order valence-electron chi connectivity index (χ1n) is 9.47. The molecular formula is C21H22N6O2. The standard InChI is InChI=1S/C21H22N6O2/c28-20-14-27(10-8-24-20)18-5-6-23-19(11-18)21(29)25-12-16-1-3-17(4-2-16)13-26-9-7-22-15-26/h1-7,9,11,15H,8,10,12-14H2,(H,24,28)(H,25,29). The van der Waals surface area contributed by atoms with Crippen molar-refractivity contribution in [1.29, 1.82) is 0 Å². The van der Waals surface area contributed by atoms with E-state index in [0.717, 1.165) is 23.4 Å². The number of carbonyl (C=O) groups excluding carboxylic acids is 2. The van der Waals surface area contributed by atoms with Gasteiger partial charge in [0.15, 0.2) is 0 Å². The number of benzene rings is 1. The maximum atomic E-state index is 12.5. The number of piperazine rings is 1. The van der Waals surface area contributed by atoms with Gasteiger partial charge in [-0.25, -0.2) is 4.98 Å². The minimum absolute atomic E-state index is 0.0180. The van der Waals surface area contributed by atoms with Crippen LogP contribution < -0.4 is 15.5 Å². The Morgan fingerprint density at radius 1 is 1.14 bits per heavy atom. The topological polar surface area (TPSA) is 92.2 Å². The van der Waals surface area contributed by atoms with Gasteiger partial charge >= 0.3 is 0 Å². The van der Waals surface area contributed by atoms with Crippen molar-refractivity contribution in [3.8, 4) is 0 Å². The van der Waals surface area contributed by atoms with Crippen LogP contribution in [0.4, 0.5) is 5.69 Å². The van der Waals surface area contributed by atoms with Crippen LogP contribution in [-0.4, -0.2) is 46.0 Å². The fourth-order valence-electron chi connectivity index (χ4n) is 3.23. The number of hydrogen-bond donors (Lipinski definition) is 2.